The van der Waals surface area contributed by atoms with Gasteiger partial charge in [-0.25, -0.2) is 4.79 Å². The van der Waals surface area contributed by atoms with Gasteiger partial charge in [-0.15, -0.1) is 0 Å². The van der Waals surface area contributed by atoms with Crippen LogP contribution in [0.4, 0.5) is 5.69 Å². The highest BCUT2D eigenvalue weighted by molar-refractivity contribution is 5.78. The minimum Gasteiger partial charge on any atom is -0.480 e. The molecular formula is C12H17NO2. The van der Waals surface area contributed by atoms with Gasteiger partial charge in [0.15, 0.2) is 0 Å². The fourth-order valence-corrected chi connectivity index (χ4v) is 1.67. The van der Waals surface area contributed by atoms with Crippen LogP contribution in [-0.2, 0) is 4.79 Å². The maximum Gasteiger partial charge on any atom is 0.326 e. The number of hydrogen-bond acceptors (Lipinski definition) is 2. The van der Waals surface area contributed by atoms with Crippen LogP contribution in [0.5, 0.6) is 0 Å². The summed E-state index contributed by atoms with van der Waals surface area (Å²) in [6.45, 7) is 6.36. The van der Waals surface area contributed by atoms with Crippen LogP contribution >= 0.6 is 0 Å². The quantitative estimate of drug-likeness (QED) is 0.823. The lowest BCUT2D eigenvalue weighted by molar-refractivity contribution is -0.138. The number of carboxylic acids is 1. The Morgan fingerprint density at radius 2 is 2.07 bits per heavy atom. The topological polar surface area (TPSA) is 40.5 Å². The van der Waals surface area contributed by atoms with E-state index in [1.165, 1.54) is 0 Å². The molecule has 0 saturated heterocycles. The van der Waals surface area contributed by atoms with E-state index in [1.807, 2.05) is 43.0 Å². The van der Waals surface area contributed by atoms with Gasteiger partial charge in [0.05, 0.1) is 0 Å². The van der Waals surface area contributed by atoms with Crippen molar-refractivity contribution >= 4 is 11.7 Å². The van der Waals surface area contributed by atoms with E-state index in [-0.39, 0.29) is 0 Å². The first kappa shape index (κ1) is 11.6. The van der Waals surface area contributed by atoms with Crippen molar-refractivity contribution in [3.63, 3.8) is 0 Å². The minimum absolute atomic E-state index is 0.490. The fraction of sp³-hybridized carbons (Fsp3) is 0.417. The van der Waals surface area contributed by atoms with E-state index < -0.39 is 12.0 Å². The Morgan fingerprint density at radius 3 is 2.53 bits per heavy atom. The predicted molar refractivity (Wildman–Crippen MR) is 61.3 cm³/mol. The molecule has 15 heavy (non-hydrogen) atoms. The Bertz CT molecular complexity index is 349. The van der Waals surface area contributed by atoms with Crippen molar-refractivity contribution in [1.29, 1.82) is 0 Å². The third kappa shape index (κ3) is 2.49. The number of carboxylic acid groups (broad SMARTS) is 1. The van der Waals surface area contributed by atoms with Crippen LogP contribution in [0.25, 0.3) is 0 Å². The molecular weight excluding hydrogens is 190 g/mol. The van der Waals surface area contributed by atoms with Gasteiger partial charge in [-0.3, -0.25) is 0 Å². The number of rotatable bonds is 4. The molecule has 0 aliphatic carbocycles. The van der Waals surface area contributed by atoms with Crippen molar-refractivity contribution in [2.24, 2.45) is 0 Å². The van der Waals surface area contributed by atoms with Crippen LogP contribution in [0.1, 0.15) is 19.4 Å². The number of aryl methyl sites for hydroxylation is 1. The first-order chi connectivity index (χ1) is 7.07. The van der Waals surface area contributed by atoms with Crippen molar-refractivity contribution in [3.8, 4) is 0 Å². The van der Waals surface area contributed by atoms with E-state index in [0.717, 1.165) is 11.3 Å². The van der Waals surface area contributed by atoms with E-state index >= 15 is 0 Å². The Hall–Kier alpha value is -1.51. The molecule has 0 heterocycles. The molecule has 0 unspecified atom stereocenters. The van der Waals surface area contributed by atoms with Crippen molar-refractivity contribution < 1.29 is 9.90 Å². The van der Waals surface area contributed by atoms with Crippen LogP contribution in [0.2, 0.25) is 0 Å². The standard InChI is InChI=1S/C12H17NO2/c1-4-13(10(3)12(14)15)11-8-6-5-7-9(11)2/h5-8,10H,4H2,1-3H3,(H,14,15)/t10-/m0/s1. The van der Waals surface area contributed by atoms with Crippen LogP contribution in [-0.4, -0.2) is 23.7 Å². The number of carbonyl (C=O) groups is 1. The molecule has 0 aliphatic rings. The van der Waals surface area contributed by atoms with Gasteiger partial charge >= 0.3 is 5.97 Å². The van der Waals surface area contributed by atoms with Crippen LogP contribution in [0.15, 0.2) is 24.3 Å². The highest BCUT2D eigenvalue weighted by atomic mass is 16.4. The predicted octanol–water partition coefficient (Wildman–Crippen LogP) is 2.29. The zero-order chi connectivity index (χ0) is 11.4. The second kappa shape index (κ2) is 4.82. The van der Waals surface area contributed by atoms with Crippen LogP contribution < -0.4 is 4.90 Å². The third-order valence-electron chi connectivity index (χ3n) is 2.59. The minimum atomic E-state index is -0.792. The number of anilines is 1. The molecule has 0 bridgehead atoms. The second-order valence-corrected chi connectivity index (χ2v) is 3.59. The van der Waals surface area contributed by atoms with Crippen molar-refractivity contribution in [3.05, 3.63) is 29.8 Å². The molecule has 0 radical (unpaired) electrons. The summed E-state index contributed by atoms with van der Waals surface area (Å²) >= 11 is 0. The Labute approximate surface area is 90.3 Å². The summed E-state index contributed by atoms with van der Waals surface area (Å²) in [6, 6.07) is 7.35. The number of aliphatic carboxylic acids is 1. The van der Waals surface area contributed by atoms with Gasteiger partial charge in [0.2, 0.25) is 0 Å². The number of hydrogen-bond donors (Lipinski definition) is 1. The average molecular weight is 207 g/mol. The van der Waals surface area contributed by atoms with Crippen molar-refractivity contribution in [2.75, 3.05) is 11.4 Å². The van der Waals surface area contributed by atoms with Gasteiger partial charge in [-0.1, -0.05) is 18.2 Å². The molecule has 1 atom stereocenters. The van der Waals surface area contributed by atoms with Gasteiger partial charge in [0.1, 0.15) is 6.04 Å². The Morgan fingerprint density at radius 1 is 1.47 bits per heavy atom. The molecule has 0 aliphatic heterocycles. The molecule has 1 N–H and O–H groups in total. The summed E-state index contributed by atoms with van der Waals surface area (Å²) < 4.78 is 0. The van der Waals surface area contributed by atoms with E-state index in [0.29, 0.717) is 6.54 Å². The van der Waals surface area contributed by atoms with E-state index in [4.69, 9.17) is 5.11 Å². The van der Waals surface area contributed by atoms with Crippen LogP contribution in [0.3, 0.4) is 0 Å². The summed E-state index contributed by atoms with van der Waals surface area (Å²) in [4.78, 5) is 12.8. The van der Waals surface area contributed by atoms with E-state index in [2.05, 4.69) is 0 Å². The molecule has 3 nitrogen and oxygen atoms in total. The zero-order valence-electron chi connectivity index (χ0n) is 9.40. The lowest BCUT2D eigenvalue weighted by Crippen LogP contribution is -2.39. The van der Waals surface area contributed by atoms with Gasteiger partial charge in [-0.2, -0.15) is 0 Å². The zero-order valence-corrected chi connectivity index (χ0v) is 9.40. The molecule has 3 heteroatoms. The molecule has 1 aromatic rings. The maximum atomic E-state index is 10.9. The molecule has 1 aromatic carbocycles. The first-order valence-corrected chi connectivity index (χ1v) is 5.13. The fourth-order valence-electron chi connectivity index (χ4n) is 1.67. The van der Waals surface area contributed by atoms with E-state index in [1.54, 1.807) is 6.92 Å². The summed E-state index contributed by atoms with van der Waals surface area (Å²) in [6.07, 6.45) is 0. The SMILES string of the molecule is CCN(c1ccccc1C)[C@@H](C)C(=O)O. The highest BCUT2D eigenvalue weighted by Gasteiger charge is 2.20. The summed E-state index contributed by atoms with van der Waals surface area (Å²) in [7, 11) is 0. The van der Waals surface area contributed by atoms with Crippen LogP contribution in [0, 0.1) is 6.92 Å². The molecule has 0 saturated carbocycles. The number of para-hydroxylation sites is 1. The largest absolute Gasteiger partial charge is 0.480 e. The highest BCUT2D eigenvalue weighted by Crippen LogP contribution is 2.21. The first-order valence-electron chi connectivity index (χ1n) is 5.13. The molecule has 1 rings (SSSR count). The normalized spacial score (nSPS) is 12.2. The second-order valence-electron chi connectivity index (χ2n) is 3.59. The number of nitrogens with zero attached hydrogens (tertiary/aromatic N) is 1. The Kier molecular flexibility index (Phi) is 3.72. The van der Waals surface area contributed by atoms with Gasteiger partial charge in [0, 0.05) is 12.2 Å². The van der Waals surface area contributed by atoms with E-state index in [9.17, 15) is 4.79 Å². The monoisotopic (exact) mass is 207 g/mol. The lowest BCUT2D eigenvalue weighted by atomic mass is 10.1. The van der Waals surface area contributed by atoms with Crippen molar-refractivity contribution in [2.45, 2.75) is 26.8 Å². The number of benzene rings is 1. The molecule has 82 valence electrons. The third-order valence-corrected chi connectivity index (χ3v) is 2.59. The van der Waals surface area contributed by atoms with Gasteiger partial charge in [-0.05, 0) is 32.4 Å². The molecule has 0 amide bonds. The van der Waals surface area contributed by atoms with Crippen molar-refractivity contribution in [1.82, 2.24) is 0 Å². The average Bonchev–Trinajstić information content (AvgIpc) is 2.21. The number of likely N-dealkylation sites (N-methyl/N-ethyl adjacent to an activating group) is 1. The Balaban J connectivity index is 3.02. The maximum absolute atomic E-state index is 10.9. The smallest absolute Gasteiger partial charge is 0.326 e. The summed E-state index contributed by atoms with van der Waals surface area (Å²) in [5, 5.41) is 8.99. The summed E-state index contributed by atoms with van der Waals surface area (Å²) in [5.41, 5.74) is 2.10. The molecule has 0 spiro atoms. The van der Waals surface area contributed by atoms with Gasteiger partial charge < -0.3 is 10.0 Å². The lowest BCUT2D eigenvalue weighted by Gasteiger charge is -2.28. The molecule has 0 fully saturated rings. The molecule has 0 aromatic heterocycles. The summed E-state index contributed by atoms with van der Waals surface area (Å²) in [5.74, 6) is -0.792. The van der Waals surface area contributed by atoms with Gasteiger partial charge in [0.25, 0.3) is 0 Å².